The molecule has 0 radical (unpaired) electrons. The Labute approximate surface area is 169 Å². The fraction of sp³-hybridized carbons (Fsp3) is 0.429. The average molecular weight is 405 g/mol. The third kappa shape index (κ3) is 5.91. The van der Waals surface area contributed by atoms with Gasteiger partial charge in [0.15, 0.2) is 17.2 Å². The molecule has 0 spiro atoms. The number of pyridine rings is 1. The molecule has 0 aliphatic carbocycles. The topological polar surface area (TPSA) is 96.1 Å². The Morgan fingerprint density at radius 2 is 1.66 bits per heavy atom. The fourth-order valence-corrected chi connectivity index (χ4v) is 2.53. The van der Waals surface area contributed by atoms with Crippen LogP contribution in [0.25, 0.3) is 0 Å². The van der Waals surface area contributed by atoms with Crippen LogP contribution in [0.3, 0.4) is 0 Å². The number of ether oxygens (including phenoxy) is 5. The Balaban J connectivity index is 2.05. The molecular formula is C21H27NO7. The quantitative estimate of drug-likeness (QED) is 0.607. The van der Waals surface area contributed by atoms with Gasteiger partial charge >= 0.3 is 5.97 Å². The van der Waals surface area contributed by atoms with Gasteiger partial charge in [-0.25, -0.2) is 4.79 Å². The van der Waals surface area contributed by atoms with Gasteiger partial charge in [-0.1, -0.05) is 13.8 Å². The summed E-state index contributed by atoms with van der Waals surface area (Å²) in [6.45, 7) is 4.53. The first kappa shape index (κ1) is 22.1. The summed E-state index contributed by atoms with van der Waals surface area (Å²) in [6.07, 6.45) is 2.33. The first-order valence-electron chi connectivity index (χ1n) is 9.21. The van der Waals surface area contributed by atoms with Gasteiger partial charge in [0.25, 0.3) is 0 Å². The van der Waals surface area contributed by atoms with E-state index in [1.54, 1.807) is 0 Å². The Morgan fingerprint density at radius 1 is 1.00 bits per heavy atom. The van der Waals surface area contributed by atoms with Gasteiger partial charge in [0.2, 0.25) is 11.2 Å². The molecule has 0 bridgehead atoms. The smallest absolute Gasteiger partial charge is 0.338 e. The van der Waals surface area contributed by atoms with Gasteiger partial charge in [0, 0.05) is 12.3 Å². The standard InChI is InChI=1S/C21H27NO7/c1-13(2)6-7-28-19-11-22-15(10-16(19)23)12-29-21(24)14-8-17(25-3)20(27-5)18(9-14)26-4/h8-11,13H,6-7,12H2,1-5H3,(H,22,23). The highest BCUT2D eigenvalue weighted by molar-refractivity contribution is 5.91. The molecule has 1 heterocycles. The summed E-state index contributed by atoms with van der Waals surface area (Å²) in [5, 5.41) is 0. The number of rotatable bonds is 10. The Kier molecular flexibility index (Phi) is 7.94. The van der Waals surface area contributed by atoms with Crippen molar-refractivity contribution in [1.29, 1.82) is 0 Å². The zero-order valence-electron chi connectivity index (χ0n) is 17.4. The second-order valence-electron chi connectivity index (χ2n) is 6.71. The molecule has 8 heteroatoms. The zero-order chi connectivity index (χ0) is 21.4. The molecule has 0 aliphatic heterocycles. The first-order chi connectivity index (χ1) is 13.9. The van der Waals surface area contributed by atoms with Crippen LogP contribution in [0.5, 0.6) is 23.0 Å². The fourth-order valence-electron chi connectivity index (χ4n) is 2.53. The highest BCUT2D eigenvalue weighted by atomic mass is 16.5. The molecule has 29 heavy (non-hydrogen) atoms. The van der Waals surface area contributed by atoms with Crippen LogP contribution in [-0.4, -0.2) is 38.9 Å². The molecule has 0 aliphatic rings. The predicted molar refractivity (Wildman–Crippen MR) is 107 cm³/mol. The maximum absolute atomic E-state index is 12.4. The van der Waals surface area contributed by atoms with Gasteiger partial charge in [-0.3, -0.25) is 4.79 Å². The van der Waals surface area contributed by atoms with Crippen LogP contribution >= 0.6 is 0 Å². The molecule has 1 aromatic heterocycles. The van der Waals surface area contributed by atoms with Crippen molar-refractivity contribution in [3.05, 3.63) is 45.9 Å². The summed E-state index contributed by atoms with van der Waals surface area (Å²) in [4.78, 5) is 27.5. The maximum atomic E-state index is 12.4. The van der Waals surface area contributed by atoms with Crippen molar-refractivity contribution in [3.63, 3.8) is 0 Å². The summed E-state index contributed by atoms with van der Waals surface area (Å²) in [6, 6.07) is 4.35. The first-order valence-corrected chi connectivity index (χ1v) is 9.21. The predicted octanol–water partition coefficient (Wildman–Crippen LogP) is 3.18. The minimum atomic E-state index is -0.595. The molecular weight excluding hydrogens is 378 g/mol. The zero-order valence-corrected chi connectivity index (χ0v) is 17.4. The Morgan fingerprint density at radius 3 is 2.17 bits per heavy atom. The summed E-state index contributed by atoms with van der Waals surface area (Å²) in [7, 11) is 4.40. The van der Waals surface area contributed by atoms with Crippen LogP contribution < -0.4 is 24.4 Å². The number of aromatic nitrogens is 1. The molecule has 2 rings (SSSR count). The van der Waals surface area contributed by atoms with Gasteiger partial charge in [-0.2, -0.15) is 0 Å². The van der Waals surface area contributed by atoms with E-state index in [9.17, 15) is 9.59 Å². The van der Waals surface area contributed by atoms with E-state index in [-0.39, 0.29) is 23.3 Å². The van der Waals surface area contributed by atoms with Gasteiger partial charge in [0.05, 0.1) is 39.2 Å². The van der Waals surface area contributed by atoms with E-state index in [0.717, 1.165) is 6.42 Å². The van der Waals surface area contributed by atoms with Crippen LogP contribution in [0.2, 0.25) is 0 Å². The van der Waals surface area contributed by atoms with Gasteiger partial charge in [0.1, 0.15) is 6.61 Å². The van der Waals surface area contributed by atoms with Crippen LogP contribution in [0, 0.1) is 5.92 Å². The number of carbonyl (C=O) groups excluding carboxylic acids is 1. The Hall–Kier alpha value is -3.16. The lowest BCUT2D eigenvalue weighted by Crippen LogP contribution is -2.13. The lowest BCUT2D eigenvalue weighted by atomic mass is 10.1. The second-order valence-corrected chi connectivity index (χ2v) is 6.71. The molecule has 8 nitrogen and oxygen atoms in total. The van der Waals surface area contributed by atoms with Crippen molar-refractivity contribution in [2.75, 3.05) is 27.9 Å². The van der Waals surface area contributed by atoms with Crippen LogP contribution in [0.1, 0.15) is 36.3 Å². The summed E-state index contributed by atoms with van der Waals surface area (Å²) in [5.41, 5.74) is 0.411. The van der Waals surface area contributed by atoms with Crippen molar-refractivity contribution in [3.8, 4) is 23.0 Å². The number of hydrogen-bond donors (Lipinski definition) is 1. The van der Waals surface area contributed by atoms with E-state index in [4.69, 9.17) is 23.7 Å². The Bertz CT molecular complexity index is 864. The van der Waals surface area contributed by atoms with Crippen molar-refractivity contribution >= 4 is 5.97 Å². The number of aromatic amines is 1. The summed E-state index contributed by atoms with van der Waals surface area (Å²) < 4.78 is 26.5. The normalized spacial score (nSPS) is 10.6. The molecule has 158 valence electrons. The molecule has 1 aromatic carbocycles. The van der Waals surface area contributed by atoms with Gasteiger partial charge in [-0.15, -0.1) is 0 Å². The summed E-state index contributed by atoms with van der Waals surface area (Å²) in [5.74, 6) is 1.20. The molecule has 1 N–H and O–H groups in total. The monoisotopic (exact) mass is 405 g/mol. The summed E-state index contributed by atoms with van der Waals surface area (Å²) >= 11 is 0. The van der Waals surface area contributed by atoms with Gasteiger partial charge in [-0.05, 0) is 24.5 Å². The lowest BCUT2D eigenvalue weighted by molar-refractivity contribution is 0.0466. The van der Waals surface area contributed by atoms with Crippen molar-refractivity contribution < 1.29 is 28.5 Å². The molecule has 0 saturated heterocycles. The number of carbonyl (C=O) groups is 1. The van der Waals surface area contributed by atoms with E-state index in [1.807, 2.05) is 0 Å². The lowest BCUT2D eigenvalue weighted by Gasteiger charge is -2.14. The van der Waals surface area contributed by atoms with Crippen LogP contribution in [-0.2, 0) is 11.3 Å². The number of esters is 1. The average Bonchev–Trinajstić information content (AvgIpc) is 2.71. The highest BCUT2D eigenvalue weighted by Crippen LogP contribution is 2.38. The van der Waals surface area contributed by atoms with E-state index < -0.39 is 5.97 Å². The van der Waals surface area contributed by atoms with E-state index in [1.165, 1.54) is 45.7 Å². The molecule has 0 amide bonds. The number of nitrogens with one attached hydrogen (secondary N) is 1. The number of hydrogen-bond acceptors (Lipinski definition) is 7. The minimum absolute atomic E-state index is 0.100. The third-order valence-electron chi connectivity index (χ3n) is 4.15. The van der Waals surface area contributed by atoms with Crippen LogP contribution in [0.15, 0.2) is 29.2 Å². The highest BCUT2D eigenvalue weighted by Gasteiger charge is 2.18. The minimum Gasteiger partial charge on any atom is -0.493 e. The largest absolute Gasteiger partial charge is 0.493 e. The molecule has 0 saturated carbocycles. The van der Waals surface area contributed by atoms with Gasteiger partial charge < -0.3 is 28.7 Å². The van der Waals surface area contributed by atoms with Crippen molar-refractivity contribution in [1.82, 2.24) is 4.98 Å². The number of H-pyrrole nitrogens is 1. The molecule has 2 aromatic rings. The second kappa shape index (κ2) is 10.4. The maximum Gasteiger partial charge on any atom is 0.338 e. The molecule has 0 unspecified atom stereocenters. The SMILES string of the molecule is COc1cc(C(=O)OCc2cc(=O)c(OCCC(C)C)c[nH]2)cc(OC)c1OC. The van der Waals surface area contributed by atoms with E-state index >= 15 is 0 Å². The van der Waals surface area contributed by atoms with E-state index in [0.29, 0.717) is 35.5 Å². The van der Waals surface area contributed by atoms with Crippen LogP contribution in [0.4, 0.5) is 0 Å². The third-order valence-corrected chi connectivity index (χ3v) is 4.15. The van der Waals surface area contributed by atoms with Crippen molar-refractivity contribution in [2.45, 2.75) is 26.9 Å². The number of methoxy groups -OCH3 is 3. The molecule has 0 fully saturated rings. The number of benzene rings is 1. The molecule has 0 atom stereocenters. The van der Waals surface area contributed by atoms with E-state index in [2.05, 4.69) is 18.8 Å². The van der Waals surface area contributed by atoms with Crippen molar-refractivity contribution in [2.24, 2.45) is 5.92 Å².